The van der Waals surface area contributed by atoms with Crippen LogP contribution in [0.25, 0.3) is 0 Å². The molecule has 1 amide bonds. The number of nitrogens with two attached hydrogens (primary N) is 1. The predicted octanol–water partition coefficient (Wildman–Crippen LogP) is 2.26. The maximum absolute atomic E-state index is 12.5. The van der Waals surface area contributed by atoms with Crippen LogP contribution in [0.5, 0.6) is 0 Å². The summed E-state index contributed by atoms with van der Waals surface area (Å²) in [7, 11) is 0. The molecule has 0 aliphatic carbocycles. The number of likely N-dealkylation sites (tertiary alicyclic amines) is 1. The summed E-state index contributed by atoms with van der Waals surface area (Å²) in [5.74, 6) is 2.61. The zero-order valence-corrected chi connectivity index (χ0v) is 15.8. The second-order valence-electron chi connectivity index (χ2n) is 6.39. The van der Waals surface area contributed by atoms with Crippen molar-refractivity contribution in [3.8, 4) is 0 Å². The highest BCUT2D eigenvalue weighted by atomic mass is 32.2. The van der Waals surface area contributed by atoms with Gasteiger partial charge in [-0.05, 0) is 31.1 Å². The maximum Gasteiger partial charge on any atom is 0.232 e. The molecule has 0 saturated carbocycles. The quantitative estimate of drug-likeness (QED) is 0.695. The van der Waals surface area contributed by atoms with Gasteiger partial charge in [0.2, 0.25) is 5.91 Å². The second-order valence-corrected chi connectivity index (χ2v) is 7.50. The molecule has 134 valence electrons. The molecule has 1 heterocycles. The minimum absolute atomic E-state index is 0.261. The first-order valence-electron chi connectivity index (χ1n) is 9.02. The zero-order chi connectivity index (χ0) is 17.4. The summed E-state index contributed by atoms with van der Waals surface area (Å²) in [4.78, 5) is 16.9. The Morgan fingerprint density at radius 1 is 1.25 bits per heavy atom. The Morgan fingerprint density at radius 2 is 1.96 bits per heavy atom. The summed E-state index contributed by atoms with van der Waals surface area (Å²) in [6.45, 7) is 9.82. The molecule has 1 saturated heterocycles. The van der Waals surface area contributed by atoms with Crippen molar-refractivity contribution in [1.29, 1.82) is 0 Å². The summed E-state index contributed by atoms with van der Waals surface area (Å²) >= 11 is 1.75. The van der Waals surface area contributed by atoms with Gasteiger partial charge in [-0.2, -0.15) is 11.8 Å². The van der Waals surface area contributed by atoms with E-state index in [2.05, 4.69) is 43.0 Å². The first-order chi connectivity index (χ1) is 11.7. The highest BCUT2D eigenvalue weighted by Crippen LogP contribution is 2.32. The molecule has 1 fully saturated rings. The summed E-state index contributed by atoms with van der Waals surface area (Å²) in [5, 5.41) is 0. The summed E-state index contributed by atoms with van der Waals surface area (Å²) < 4.78 is 0. The van der Waals surface area contributed by atoms with E-state index in [4.69, 9.17) is 5.73 Å². The first kappa shape index (κ1) is 19.3. The largest absolute Gasteiger partial charge is 0.341 e. The molecular weight excluding hydrogens is 318 g/mol. The van der Waals surface area contributed by atoms with Gasteiger partial charge in [0, 0.05) is 31.3 Å². The lowest BCUT2D eigenvalue weighted by molar-refractivity contribution is -0.127. The molecular formula is C19H31N3OS. The number of benzene rings is 1. The second kappa shape index (κ2) is 10.1. The molecule has 2 atom stereocenters. The molecule has 0 bridgehead atoms. The average Bonchev–Trinajstić information content (AvgIpc) is 3.07. The molecule has 4 nitrogen and oxygen atoms in total. The molecule has 0 aromatic heterocycles. The van der Waals surface area contributed by atoms with Crippen LogP contribution in [0.1, 0.15) is 25.3 Å². The third kappa shape index (κ3) is 5.23. The number of carbonyl (C=O) groups is 1. The molecule has 0 unspecified atom stereocenters. The maximum atomic E-state index is 12.5. The van der Waals surface area contributed by atoms with E-state index in [0.717, 1.165) is 38.5 Å². The van der Waals surface area contributed by atoms with E-state index in [0.29, 0.717) is 24.1 Å². The first-order valence-corrected chi connectivity index (χ1v) is 10.2. The van der Waals surface area contributed by atoms with E-state index < -0.39 is 0 Å². The predicted molar refractivity (Wildman–Crippen MR) is 103 cm³/mol. The third-order valence-corrected chi connectivity index (χ3v) is 5.92. The molecule has 2 rings (SSSR count). The van der Waals surface area contributed by atoms with Crippen LogP contribution < -0.4 is 5.73 Å². The van der Waals surface area contributed by atoms with Crippen LogP contribution in [-0.4, -0.2) is 66.5 Å². The van der Waals surface area contributed by atoms with Gasteiger partial charge in [0.15, 0.2) is 0 Å². The molecule has 1 aliphatic heterocycles. The smallest absolute Gasteiger partial charge is 0.232 e. The highest BCUT2D eigenvalue weighted by Gasteiger charge is 2.34. The molecule has 1 aromatic carbocycles. The van der Waals surface area contributed by atoms with E-state index in [-0.39, 0.29) is 5.91 Å². The van der Waals surface area contributed by atoms with Gasteiger partial charge in [0.05, 0.1) is 5.75 Å². The minimum Gasteiger partial charge on any atom is -0.341 e. The van der Waals surface area contributed by atoms with Gasteiger partial charge in [-0.15, -0.1) is 0 Å². The number of rotatable bonds is 9. The molecule has 1 aliphatic rings. The molecule has 0 radical (unpaired) electrons. The van der Waals surface area contributed by atoms with Crippen molar-refractivity contribution in [2.45, 2.75) is 19.8 Å². The molecule has 24 heavy (non-hydrogen) atoms. The van der Waals surface area contributed by atoms with Gasteiger partial charge in [-0.1, -0.05) is 44.2 Å². The lowest BCUT2D eigenvalue weighted by atomic mass is 9.89. The zero-order valence-electron chi connectivity index (χ0n) is 15.0. The molecule has 2 N–H and O–H groups in total. The number of thioether (sulfide) groups is 1. The molecule has 0 spiro atoms. The Labute approximate surface area is 150 Å². The third-order valence-electron chi connectivity index (χ3n) is 5.00. The Morgan fingerprint density at radius 3 is 2.58 bits per heavy atom. The normalized spacial score (nSPS) is 20.8. The van der Waals surface area contributed by atoms with Crippen LogP contribution in [0, 0.1) is 5.92 Å². The highest BCUT2D eigenvalue weighted by molar-refractivity contribution is 7.99. The van der Waals surface area contributed by atoms with Gasteiger partial charge in [-0.3, -0.25) is 4.79 Å². The van der Waals surface area contributed by atoms with E-state index in [1.54, 1.807) is 11.8 Å². The van der Waals surface area contributed by atoms with Gasteiger partial charge >= 0.3 is 0 Å². The summed E-state index contributed by atoms with van der Waals surface area (Å²) in [6, 6.07) is 10.5. The Hall–Kier alpha value is -1.04. The fourth-order valence-electron chi connectivity index (χ4n) is 3.38. The Kier molecular flexibility index (Phi) is 8.09. The standard InChI is InChI=1S/C19H31N3OS/c1-3-21(4-2)10-11-24-15-19(23)22-13-17(12-20)18(14-22)16-8-6-5-7-9-16/h5-9,17-18H,3-4,10-15,20H2,1-2H3/t17-,18+/m1/s1. The van der Waals surface area contributed by atoms with Gasteiger partial charge < -0.3 is 15.5 Å². The van der Waals surface area contributed by atoms with Crippen LogP contribution in [0.2, 0.25) is 0 Å². The lowest BCUT2D eigenvalue weighted by Crippen LogP contribution is -2.32. The van der Waals surface area contributed by atoms with E-state index in [1.165, 1.54) is 5.56 Å². The minimum atomic E-state index is 0.261. The van der Waals surface area contributed by atoms with Crippen LogP contribution in [0.4, 0.5) is 0 Å². The van der Waals surface area contributed by atoms with Crippen LogP contribution in [0.15, 0.2) is 30.3 Å². The van der Waals surface area contributed by atoms with E-state index >= 15 is 0 Å². The topological polar surface area (TPSA) is 49.6 Å². The molecule has 5 heteroatoms. The summed E-state index contributed by atoms with van der Waals surface area (Å²) in [5.41, 5.74) is 7.26. The van der Waals surface area contributed by atoms with Crippen molar-refractivity contribution in [3.63, 3.8) is 0 Å². The van der Waals surface area contributed by atoms with Crippen molar-refractivity contribution in [1.82, 2.24) is 9.80 Å². The molecule has 1 aromatic rings. The van der Waals surface area contributed by atoms with Crippen molar-refractivity contribution < 1.29 is 4.79 Å². The fourth-order valence-corrected chi connectivity index (χ4v) is 4.26. The van der Waals surface area contributed by atoms with Crippen molar-refractivity contribution in [2.24, 2.45) is 11.7 Å². The monoisotopic (exact) mass is 349 g/mol. The lowest BCUT2D eigenvalue weighted by Gasteiger charge is -2.19. The van der Waals surface area contributed by atoms with Crippen LogP contribution >= 0.6 is 11.8 Å². The van der Waals surface area contributed by atoms with Crippen molar-refractivity contribution >= 4 is 17.7 Å². The fraction of sp³-hybridized carbons (Fsp3) is 0.632. The van der Waals surface area contributed by atoms with Crippen molar-refractivity contribution in [2.75, 3.05) is 50.8 Å². The van der Waals surface area contributed by atoms with E-state index in [1.807, 2.05) is 11.0 Å². The average molecular weight is 350 g/mol. The number of hydrogen-bond donors (Lipinski definition) is 1. The number of amides is 1. The van der Waals surface area contributed by atoms with Gasteiger partial charge in [0.25, 0.3) is 0 Å². The van der Waals surface area contributed by atoms with Gasteiger partial charge in [0.1, 0.15) is 0 Å². The number of hydrogen-bond acceptors (Lipinski definition) is 4. The van der Waals surface area contributed by atoms with Crippen LogP contribution in [0.3, 0.4) is 0 Å². The summed E-state index contributed by atoms with van der Waals surface area (Å²) in [6.07, 6.45) is 0. The Balaban J connectivity index is 1.81. The Bertz CT molecular complexity index is 493. The van der Waals surface area contributed by atoms with E-state index in [9.17, 15) is 4.79 Å². The van der Waals surface area contributed by atoms with Crippen molar-refractivity contribution in [3.05, 3.63) is 35.9 Å². The van der Waals surface area contributed by atoms with Crippen LogP contribution in [-0.2, 0) is 4.79 Å². The SMILES string of the molecule is CCN(CC)CCSCC(=O)N1C[C@@H](CN)[C@H](c2ccccc2)C1. The van der Waals surface area contributed by atoms with Gasteiger partial charge in [-0.25, -0.2) is 0 Å². The number of carbonyl (C=O) groups excluding carboxylic acids is 1. The number of nitrogens with zero attached hydrogens (tertiary/aromatic N) is 2.